The quantitative estimate of drug-likeness (QED) is 0.819. The second kappa shape index (κ2) is 6.88. The van der Waals surface area contributed by atoms with Crippen LogP contribution in [0, 0.1) is 0 Å². The van der Waals surface area contributed by atoms with E-state index in [0.29, 0.717) is 6.61 Å². The molecule has 0 saturated carbocycles. The van der Waals surface area contributed by atoms with Gasteiger partial charge in [0.25, 0.3) is 0 Å². The molecule has 1 heterocycles. The zero-order valence-electron chi connectivity index (χ0n) is 10.7. The second-order valence-electron chi connectivity index (χ2n) is 4.20. The monoisotopic (exact) mass is 282 g/mol. The molecule has 19 heavy (non-hydrogen) atoms. The van der Waals surface area contributed by atoms with E-state index in [1.165, 1.54) is 7.11 Å². The highest BCUT2D eigenvalue weighted by molar-refractivity contribution is 5.08. The molecule has 0 aliphatic heterocycles. The third kappa shape index (κ3) is 5.58. The molecule has 1 aromatic heterocycles. The van der Waals surface area contributed by atoms with Crippen LogP contribution in [-0.2, 0) is 22.2 Å². The summed E-state index contributed by atoms with van der Waals surface area (Å²) >= 11 is 0. The molecule has 110 valence electrons. The van der Waals surface area contributed by atoms with Crippen LogP contribution in [0.25, 0.3) is 0 Å². The SMILES string of the molecule is COCC(C)OCC(O)Cn1cc(C(F)(F)F)cn1. The van der Waals surface area contributed by atoms with Crippen LogP contribution in [0.5, 0.6) is 0 Å². The van der Waals surface area contributed by atoms with Gasteiger partial charge in [-0.05, 0) is 6.92 Å². The molecule has 0 spiro atoms. The van der Waals surface area contributed by atoms with Gasteiger partial charge in [-0.1, -0.05) is 0 Å². The van der Waals surface area contributed by atoms with Crippen molar-refractivity contribution in [3.05, 3.63) is 18.0 Å². The topological polar surface area (TPSA) is 56.5 Å². The normalized spacial score (nSPS) is 15.5. The smallest absolute Gasteiger partial charge is 0.389 e. The molecule has 0 aromatic carbocycles. The number of aliphatic hydroxyl groups is 1. The summed E-state index contributed by atoms with van der Waals surface area (Å²) in [7, 11) is 1.53. The van der Waals surface area contributed by atoms with Crippen molar-refractivity contribution in [3.63, 3.8) is 0 Å². The number of aromatic nitrogens is 2. The summed E-state index contributed by atoms with van der Waals surface area (Å²) < 4.78 is 48.1. The molecule has 0 radical (unpaired) electrons. The summed E-state index contributed by atoms with van der Waals surface area (Å²) in [6.45, 7) is 2.10. The number of halogens is 3. The minimum atomic E-state index is -4.42. The standard InChI is InChI=1S/C11H17F3N2O3/c1-8(6-18-2)19-7-10(17)5-16-4-9(3-15-16)11(12,13)14/h3-4,8,10,17H,5-7H2,1-2H3. The van der Waals surface area contributed by atoms with E-state index in [0.717, 1.165) is 17.1 Å². The summed E-state index contributed by atoms with van der Waals surface area (Å²) in [6.07, 6.45) is -3.97. The second-order valence-corrected chi connectivity index (χ2v) is 4.20. The molecule has 0 saturated heterocycles. The zero-order valence-corrected chi connectivity index (χ0v) is 10.7. The number of hydrogen-bond donors (Lipinski definition) is 1. The maximum atomic E-state index is 12.3. The first kappa shape index (κ1) is 15.9. The van der Waals surface area contributed by atoms with Crippen molar-refractivity contribution in [1.29, 1.82) is 0 Å². The van der Waals surface area contributed by atoms with Crippen molar-refractivity contribution >= 4 is 0 Å². The lowest BCUT2D eigenvalue weighted by Crippen LogP contribution is -2.26. The molecular formula is C11H17F3N2O3. The summed E-state index contributed by atoms with van der Waals surface area (Å²) in [4.78, 5) is 0. The molecule has 2 unspecified atom stereocenters. The molecule has 2 atom stereocenters. The fourth-order valence-electron chi connectivity index (χ4n) is 1.44. The molecular weight excluding hydrogens is 265 g/mol. The van der Waals surface area contributed by atoms with Gasteiger partial charge < -0.3 is 14.6 Å². The Morgan fingerprint density at radius 3 is 2.63 bits per heavy atom. The predicted molar refractivity (Wildman–Crippen MR) is 60.5 cm³/mol. The molecule has 1 aromatic rings. The highest BCUT2D eigenvalue weighted by Crippen LogP contribution is 2.28. The fourth-order valence-corrected chi connectivity index (χ4v) is 1.44. The van der Waals surface area contributed by atoms with Gasteiger partial charge in [0.2, 0.25) is 0 Å². The van der Waals surface area contributed by atoms with Gasteiger partial charge in [0.15, 0.2) is 0 Å². The third-order valence-corrected chi connectivity index (χ3v) is 2.33. The van der Waals surface area contributed by atoms with E-state index in [2.05, 4.69) is 5.10 Å². The van der Waals surface area contributed by atoms with E-state index >= 15 is 0 Å². The molecule has 1 N–H and O–H groups in total. The lowest BCUT2D eigenvalue weighted by Gasteiger charge is -2.15. The van der Waals surface area contributed by atoms with E-state index in [1.54, 1.807) is 6.92 Å². The van der Waals surface area contributed by atoms with E-state index in [1.807, 2.05) is 0 Å². The fraction of sp³-hybridized carbons (Fsp3) is 0.727. The molecule has 0 bridgehead atoms. The molecule has 0 aliphatic rings. The van der Waals surface area contributed by atoms with Gasteiger partial charge in [-0.2, -0.15) is 18.3 Å². The number of aliphatic hydroxyl groups excluding tert-OH is 1. The number of methoxy groups -OCH3 is 1. The first-order valence-corrected chi connectivity index (χ1v) is 5.71. The molecule has 0 amide bonds. The van der Waals surface area contributed by atoms with Gasteiger partial charge in [-0.3, -0.25) is 4.68 Å². The van der Waals surface area contributed by atoms with Crippen molar-refractivity contribution in [2.24, 2.45) is 0 Å². The minimum Gasteiger partial charge on any atom is -0.389 e. The van der Waals surface area contributed by atoms with E-state index in [-0.39, 0.29) is 19.3 Å². The Labute approximate surface area is 108 Å². The molecule has 8 heteroatoms. The van der Waals surface area contributed by atoms with Crippen molar-refractivity contribution in [3.8, 4) is 0 Å². The summed E-state index contributed by atoms with van der Waals surface area (Å²) in [5.41, 5.74) is -0.839. The average molecular weight is 282 g/mol. The van der Waals surface area contributed by atoms with Crippen LogP contribution in [0.3, 0.4) is 0 Å². The highest BCUT2D eigenvalue weighted by Gasteiger charge is 2.32. The van der Waals surface area contributed by atoms with Crippen molar-refractivity contribution < 1.29 is 27.8 Å². The number of hydrogen-bond acceptors (Lipinski definition) is 4. The Kier molecular flexibility index (Phi) is 5.77. The molecule has 0 aliphatic carbocycles. The van der Waals surface area contributed by atoms with Crippen LogP contribution >= 0.6 is 0 Å². The zero-order chi connectivity index (χ0) is 14.5. The Balaban J connectivity index is 2.40. The van der Waals surface area contributed by atoms with Crippen LogP contribution in [0.2, 0.25) is 0 Å². The number of rotatable bonds is 7. The summed E-state index contributed by atoms with van der Waals surface area (Å²) in [5.74, 6) is 0. The number of alkyl halides is 3. The molecule has 5 nitrogen and oxygen atoms in total. The van der Waals surface area contributed by atoms with Gasteiger partial charge in [-0.25, -0.2) is 0 Å². The van der Waals surface area contributed by atoms with Gasteiger partial charge in [0.1, 0.15) is 0 Å². The molecule has 1 rings (SSSR count). The van der Waals surface area contributed by atoms with Crippen LogP contribution in [0.15, 0.2) is 12.4 Å². The Morgan fingerprint density at radius 1 is 1.42 bits per heavy atom. The van der Waals surface area contributed by atoms with Gasteiger partial charge in [0, 0.05) is 13.3 Å². The largest absolute Gasteiger partial charge is 0.419 e. The van der Waals surface area contributed by atoms with E-state index in [9.17, 15) is 18.3 Å². The van der Waals surface area contributed by atoms with Gasteiger partial charge in [-0.15, -0.1) is 0 Å². The van der Waals surface area contributed by atoms with Crippen LogP contribution in [0.1, 0.15) is 12.5 Å². The van der Waals surface area contributed by atoms with E-state index in [4.69, 9.17) is 9.47 Å². The first-order chi connectivity index (χ1) is 8.82. The van der Waals surface area contributed by atoms with Gasteiger partial charge >= 0.3 is 6.18 Å². The lowest BCUT2D eigenvalue weighted by atomic mass is 10.3. The average Bonchev–Trinajstić information content (AvgIpc) is 2.75. The van der Waals surface area contributed by atoms with E-state index < -0.39 is 17.8 Å². The summed E-state index contributed by atoms with van der Waals surface area (Å²) in [5, 5.41) is 13.2. The van der Waals surface area contributed by atoms with Crippen molar-refractivity contribution in [2.75, 3.05) is 20.3 Å². The number of ether oxygens (including phenoxy) is 2. The maximum absolute atomic E-state index is 12.3. The van der Waals surface area contributed by atoms with Crippen LogP contribution in [-0.4, -0.2) is 47.4 Å². The van der Waals surface area contributed by atoms with Gasteiger partial charge in [0.05, 0.1) is 43.7 Å². The molecule has 0 fully saturated rings. The summed E-state index contributed by atoms with van der Waals surface area (Å²) in [6, 6.07) is 0. The Hall–Kier alpha value is -1.12. The van der Waals surface area contributed by atoms with Crippen molar-refractivity contribution in [1.82, 2.24) is 9.78 Å². The lowest BCUT2D eigenvalue weighted by molar-refractivity contribution is -0.137. The van der Waals surface area contributed by atoms with Crippen LogP contribution < -0.4 is 0 Å². The van der Waals surface area contributed by atoms with Crippen LogP contribution in [0.4, 0.5) is 13.2 Å². The maximum Gasteiger partial charge on any atom is 0.419 e. The predicted octanol–water partition coefficient (Wildman–Crippen LogP) is 1.31. The third-order valence-electron chi connectivity index (χ3n) is 2.33. The first-order valence-electron chi connectivity index (χ1n) is 5.71. The number of nitrogens with zero attached hydrogens (tertiary/aromatic N) is 2. The Morgan fingerprint density at radius 2 is 2.11 bits per heavy atom. The minimum absolute atomic E-state index is 0.00569. The Bertz CT molecular complexity index is 382. The highest BCUT2D eigenvalue weighted by atomic mass is 19.4. The van der Waals surface area contributed by atoms with Crippen molar-refractivity contribution in [2.45, 2.75) is 31.9 Å².